The monoisotopic (exact) mass is 286 g/mol. The third kappa shape index (κ3) is 2.76. The molecular formula is C13H16ClFN2O2. The molecule has 1 aromatic rings. The molecule has 0 saturated carbocycles. The van der Waals surface area contributed by atoms with E-state index in [0.717, 1.165) is 5.69 Å². The van der Waals surface area contributed by atoms with Gasteiger partial charge in [-0.2, -0.15) is 0 Å². The van der Waals surface area contributed by atoms with Crippen LogP contribution >= 0.6 is 11.6 Å². The minimum atomic E-state index is -0.915. The molecule has 2 unspecified atom stereocenters. The van der Waals surface area contributed by atoms with Gasteiger partial charge in [0.1, 0.15) is 5.82 Å². The van der Waals surface area contributed by atoms with Crippen molar-refractivity contribution in [3.05, 3.63) is 29.0 Å². The van der Waals surface area contributed by atoms with E-state index in [0.29, 0.717) is 13.1 Å². The molecule has 0 radical (unpaired) electrons. The van der Waals surface area contributed by atoms with Crippen LogP contribution in [-0.4, -0.2) is 41.3 Å². The number of carbonyl (C=O) groups is 1. The first-order valence-corrected chi connectivity index (χ1v) is 6.49. The van der Waals surface area contributed by atoms with Crippen LogP contribution in [0.15, 0.2) is 18.2 Å². The summed E-state index contributed by atoms with van der Waals surface area (Å²) in [4.78, 5) is 14.6. The molecule has 2 atom stereocenters. The van der Waals surface area contributed by atoms with E-state index in [2.05, 4.69) is 0 Å². The molecule has 1 aliphatic rings. The van der Waals surface area contributed by atoms with E-state index in [1.54, 1.807) is 6.07 Å². The maximum absolute atomic E-state index is 13.5. The number of halogens is 2. The lowest BCUT2D eigenvalue weighted by atomic mass is 10.1. The molecule has 6 heteroatoms. The Morgan fingerprint density at radius 2 is 1.95 bits per heavy atom. The summed E-state index contributed by atoms with van der Waals surface area (Å²) in [5.74, 6) is -0.458. The summed E-state index contributed by atoms with van der Waals surface area (Å²) in [5.41, 5.74) is 0.727. The number of rotatable bonds is 1. The molecular weight excluding hydrogens is 271 g/mol. The first-order chi connectivity index (χ1) is 8.90. The number of hydrogen-bond donors (Lipinski definition) is 1. The molecule has 1 aromatic carbocycles. The van der Waals surface area contributed by atoms with E-state index in [1.165, 1.54) is 17.0 Å². The fourth-order valence-electron chi connectivity index (χ4n) is 2.59. The van der Waals surface area contributed by atoms with E-state index >= 15 is 0 Å². The largest absolute Gasteiger partial charge is 0.465 e. The maximum Gasteiger partial charge on any atom is 0.407 e. The molecule has 1 heterocycles. The molecule has 0 bridgehead atoms. The van der Waals surface area contributed by atoms with Gasteiger partial charge in [0.2, 0.25) is 0 Å². The van der Waals surface area contributed by atoms with Crippen molar-refractivity contribution in [2.75, 3.05) is 18.0 Å². The summed E-state index contributed by atoms with van der Waals surface area (Å²) in [5, 5.41) is 9.24. The van der Waals surface area contributed by atoms with Gasteiger partial charge in [-0.3, -0.25) is 4.90 Å². The fraction of sp³-hybridized carbons (Fsp3) is 0.462. The van der Waals surface area contributed by atoms with Crippen LogP contribution in [0.4, 0.5) is 14.9 Å². The minimum absolute atomic E-state index is 0.0917. The minimum Gasteiger partial charge on any atom is -0.465 e. The molecule has 1 saturated heterocycles. The van der Waals surface area contributed by atoms with E-state index in [1.807, 2.05) is 18.7 Å². The molecule has 2 rings (SSSR count). The normalized spacial score (nSPS) is 23.6. The lowest BCUT2D eigenvalue weighted by Gasteiger charge is -2.43. The van der Waals surface area contributed by atoms with Crippen LogP contribution in [0.2, 0.25) is 5.02 Å². The third-order valence-corrected chi connectivity index (χ3v) is 3.71. The van der Waals surface area contributed by atoms with Crippen molar-refractivity contribution in [1.29, 1.82) is 0 Å². The van der Waals surface area contributed by atoms with Crippen LogP contribution in [0.3, 0.4) is 0 Å². The number of piperazine rings is 1. The Balaban J connectivity index is 2.20. The highest BCUT2D eigenvalue weighted by Crippen LogP contribution is 2.26. The van der Waals surface area contributed by atoms with Crippen LogP contribution in [0, 0.1) is 5.82 Å². The summed E-state index contributed by atoms with van der Waals surface area (Å²) in [6.07, 6.45) is -0.915. The highest BCUT2D eigenvalue weighted by atomic mass is 35.5. The van der Waals surface area contributed by atoms with Gasteiger partial charge in [0.05, 0.1) is 17.1 Å². The van der Waals surface area contributed by atoms with Crippen molar-refractivity contribution in [3.63, 3.8) is 0 Å². The summed E-state index contributed by atoms with van der Waals surface area (Å²) < 4.78 is 13.5. The van der Waals surface area contributed by atoms with E-state index in [4.69, 9.17) is 16.7 Å². The Hall–Kier alpha value is -1.49. The molecule has 1 amide bonds. The van der Waals surface area contributed by atoms with Crippen LogP contribution in [-0.2, 0) is 0 Å². The van der Waals surface area contributed by atoms with Gasteiger partial charge in [0.25, 0.3) is 0 Å². The van der Waals surface area contributed by atoms with Crippen molar-refractivity contribution in [3.8, 4) is 0 Å². The summed E-state index contributed by atoms with van der Waals surface area (Å²) in [6.45, 7) is 4.78. The third-order valence-electron chi connectivity index (χ3n) is 3.41. The van der Waals surface area contributed by atoms with Gasteiger partial charge in [-0.05, 0) is 32.0 Å². The smallest absolute Gasteiger partial charge is 0.407 e. The lowest BCUT2D eigenvalue weighted by molar-refractivity contribution is 0.0982. The van der Waals surface area contributed by atoms with Gasteiger partial charge >= 0.3 is 6.09 Å². The second-order valence-electron chi connectivity index (χ2n) is 4.89. The predicted molar refractivity (Wildman–Crippen MR) is 72.4 cm³/mol. The summed E-state index contributed by atoms with van der Waals surface area (Å²) in [7, 11) is 0. The molecule has 19 heavy (non-hydrogen) atoms. The van der Waals surface area contributed by atoms with Gasteiger partial charge in [-0.1, -0.05) is 11.6 Å². The number of carboxylic acid groups (broad SMARTS) is 1. The summed E-state index contributed by atoms with van der Waals surface area (Å²) in [6, 6.07) is 4.38. The standard InChI is InChI=1S/C13H16ClFN2O2/c1-8-6-16(7-9(2)17(8)13(18)19)10-3-4-11(14)12(15)5-10/h3-5,8-9H,6-7H2,1-2H3,(H,18,19). The zero-order valence-electron chi connectivity index (χ0n) is 10.8. The van der Waals surface area contributed by atoms with Crippen molar-refractivity contribution in [2.24, 2.45) is 0 Å². The number of hydrogen-bond acceptors (Lipinski definition) is 2. The molecule has 0 spiro atoms. The average Bonchev–Trinajstić information content (AvgIpc) is 2.31. The van der Waals surface area contributed by atoms with Crippen LogP contribution in [0.1, 0.15) is 13.8 Å². The Morgan fingerprint density at radius 1 is 1.37 bits per heavy atom. The average molecular weight is 287 g/mol. The highest BCUT2D eigenvalue weighted by Gasteiger charge is 2.32. The molecule has 104 valence electrons. The molecule has 0 aromatic heterocycles. The van der Waals surface area contributed by atoms with Gasteiger partial charge in [-0.25, -0.2) is 9.18 Å². The van der Waals surface area contributed by atoms with Crippen molar-refractivity contribution >= 4 is 23.4 Å². The first-order valence-electron chi connectivity index (χ1n) is 6.11. The lowest BCUT2D eigenvalue weighted by Crippen LogP contribution is -2.58. The second kappa shape index (κ2) is 5.25. The Morgan fingerprint density at radius 3 is 2.42 bits per heavy atom. The SMILES string of the molecule is CC1CN(c2ccc(Cl)c(F)c2)CC(C)N1C(=O)O. The van der Waals surface area contributed by atoms with Gasteiger partial charge in [0, 0.05) is 18.8 Å². The van der Waals surface area contributed by atoms with Gasteiger partial charge in [-0.15, -0.1) is 0 Å². The number of nitrogens with zero attached hydrogens (tertiary/aromatic N) is 2. The number of amides is 1. The maximum atomic E-state index is 13.5. The molecule has 1 N–H and O–H groups in total. The van der Waals surface area contributed by atoms with Crippen molar-refractivity contribution < 1.29 is 14.3 Å². The van der Waals surface area contributed by atoms with E-state index in [9.17, 15) is 9.18 Å². The zero-order valence-corrected chi connectivity index (χ0v) is 11.6. The molecule has 1 fully saturated rings. The Labute approximate surface area is 116 Å². The van der Waals surface area contributed by atoms with Crippen LogP contribution < -0.4 is 4.90 Å². The zero-order chi connectivity index (χ0) is 14.2. The van der Waals surface area contributed by atoms with Crippen molar-refractivity contribution in [2.45, 2.75) is 25.9 Å². The van der Waals surface area contributed by atoms with Gasteiger partial charge in [0.15, 0.2) is 0 Å². The molecule has 0 aliphatic carbocycles. The Kier molecular flexibility index (Phi) is 3.85. The number of anilines is 1. The van der Waals surface area contributed by atoms with E-state index in [-0.39, 0.29) is 17.1 Å². The van der Waals surface area contributed by atoms with Crippen molar-refractivity contribution in [1.82, 2.24) is 4.90 Å². The quantitative estimate of drug-likeness (QED) is 0.863. The summed E-state index contributed by atoms with van der Waals surface area (Å²) >= 11 is 5.66. The second-order valence-corrected chi connectivity index (χ2v) is 5.30. The van der Waals surface area contributed by atoms with Crippen LogP contribution in [0.5, 0.6) is 0 Å². The highest BCUT2D eigenvalue weighted by molar-refractivity contribution is 6.30. The first kappa shape index (κ1) is 13.9. The van der Waals surface area contributed by atoms with E-state index < -0.39 is 11.9 Å². The predicted octanol–water partition coefficient (Wildman–Crippen LogP) is 3.06. The molecule has 4 nitrogen and oxygen atoms in total. The topological polar surface area (TPSA) is 43.8 Å². The van der Waals surface area contributed by atoms with Gasteiger partial charge < -0.3 is 10.0 Å². The number of benzene rings is 1. The Bertz CT molecular complexity index is 486. The van der Waals surface area contributed by atoms with Crippen LogP contribution in [0.25, 0.3) is 0 Å². The fourth-order valence-corrected chi connectivity index (χ4v) is 2.71. The molecule has 1 aliphatic heterocycles.